The lowest BCUT2D eigenvalue weighted by Gasteiger charge is -2.05. The van der Waals surface area contributed by atoms with Crippen LogP contribution in [0.15, 0.2) is 10.5 Å². The fourth-order valence-electron chi connectivity index (χ4n) is 1.85. The van der Waals surface area contributed by atoms with E-state index in [0.29, 0.717) is 34.3 Å². The normalized spacial score (nSPS) is 10.7. The topological polar surface area (TPSA) is 86.1 Å². The van der Waals surface area contributed by atoms with Crippen LogP contribution in [0.25, 0.3) is 0 Å². The Morgan fingerprint density at radius 1 is 1.44 bits per heavy atom. The summed E-state index contributed by atoms with van der Waals surface area (Å²) in [6, 6.07) is 1.70. The van der Waals surface area contributed by atoms with Crippen molar-refractivity contribution >= 4 is 17.4 Å². The first kappa shape index (κ1) is 12.2. The van der Waals surface area contributed by atoms with Crippen molar-refractivity contribution in [2.75, 3.05) is 11.1 Å². The number of aromatic nitrogens is 2. The van der Waals surface area contributed by atoms with Gasteiger partial charge in [0.2, 0.25) is 0 Å². The molecule has 0 radical (unpaired) electrons. The van der Waals surface area contributed by atoms with E-state index in [4.69, 9.17) is 10.2 Å². The van der Waals surface area contributed by atoms with E-state index < -0.39 is 0 Å². The van der Waals surface area contributed by atoms with Crippen molar-refractivity contribution < 1.29 is 9.21 Å². The number of anilines is 2. The fourth-order valence-corrected chi connectivity index (χ4v) is 1.85. The first-order chi connectivity index (χ1) is 8.40. The zero-order valence-corrected chi connectivity index (χ0v) is 10.9. The summed E-state index contributed by atoms with van der Waals surface area (Å²) >= 11 is 0. The van der Waals surface area contributed by atoms with Crippen LogP contribution in [0, 0.1) is 20.8 Å². The molecule has 0 fully saturated rings. The summed E-state index contributed by atoms with van der Waals surface area (Å²) in [6.45, 7) is 5.34. The molecule has 2 heterocycles. The van der Waals surface area contributed by atoms with Crippen LogP contribution >= 0.6 is 0 Å². The highest BCUT2D eigenvalue weighted by Crippen LogP contribution is 2.22. The summed E-state index contributed by atoms with van der Waals surface area (Å²) < 4.78 is 6.87. The zero-order chi connectivity index (χ0) is 13.4. The van der Waals surface area contributed by atoms with Crippen molar-refractivity contribution in [2.24, 2.45) is 7.05 Å². The second-order valence-electron chi connectivity index (χ2n) is 4.25. The molecule has 1 amide bonds. The molecule has 0 aromatic carbocycles. The maximum absolute atomic E-state index is 12.1. The van der Waals surface area contributed by atoms with Gasteiger partial charge in [-0.2, -0.15) is 5.10 Å². The Balaban J connectivity index is 2.29. The van der Waals surface area contributed by atoms with E-state index in [2.05, 4.69) is 10.4 Å². The van der Waals surface area contributed by atoms with Crippen LogP contribution in [0.4, 0.5) is 11.5 Å². The van der Waals surface area contributed by atoms with Gasteiger partial charge in [-0.05, 0) is 26.8 Å². The highest BCUT2D eigenvalue weighted by Gasteiger charge is 2.17. The minimum absolute atomic E-state index is 0.251. The third-order valence-electron chi connectivity index (χ3n) is 2.79. The highest BCUT2D eigenvalue weighted by molar-refractivity contribution is 6.06. The standard InChI is InChI=1S/C12H16N4O2/c1-6-5-9(8(3)18-6)12(17)14-11-10(13)7(2)15-16(11)4/h5H,13H2,1-4H3,(H,14,17). The van der Waals surface area contributed by atoms with Gasteiger partial charge in [0.05, 0.1) is 16.9 Å². The second kappa shape index (κ2) is 4.21. The molecule has 0 spiro atoms. The van der Waals surface area contributed by atoms with E-state index in [1.54, 1.807) is 38.6 Å². The van der Waals surface area contributed by atoms with Crippen molar-refractivity contribution in [3.63, 3.8) is 0 Å². The summed E-state index contributed by atoms with van der Waals surface area (Å²) in [5, 5.41) is 6.88. The number of rotatable bonds is 2. The van der Waals surface area contributed by atoms with Crippen molar-refractivity contribution in [3.05, 3.63) is 28.8 Å². The van der Waals surface area contributed by atoms with Gasteiger partial charge in [-0.25, -0.2) is 0 Å². The predicted molar refractivity (Wildman–Crippen MR) is 68.5 cm³/mol. The quantitative estimate of drug-likeness (QED) is 0.848. The summed E-state index contributed by atoms with van der Waals surface area (Å²) in [7, 11) is 1.73. The molecule has 3 N–H and O–H groups in total. The van der Waals surface area contributed by atoms with Gasteiger partial charge in [-0.15, -0.1) is 0 Å². The molecular weight excluding hydrogens is 232 g/mol. The molecule has 2 aromatic rings. The summed E-state index contributed by atoms with van der Waals surface area (Å²) in [5.74, 6) is 1.53. The first-order valence-electron chi connectivity index (χ1n) is 5.57. The molecule has 0 atom stereocenters. The van der Waals surface area contributed by atoms with Gasteiger partial charge >= 0.3 is 0 Å². The third-order valence-corrected chi connectivity index (χ3v) is 2.79. The molecule has 0 saturated carbocycles. The number of aryl methyl sites for hydroxylation is 4. The van der Waals surface area contributed by atoms with Crippen molar-refractivity contribution in [3.8, 4) is 0 Å². The Hall–Kier alpha value is -2.24. The number of carbonyl (C=O) groups excluding carboxylic acids is 1. The second-order valence-corrected chi connectivity index (χ2v) is 4.25. The maximum atomic E-state index is 12.1. The molecule has 6 heteroatoms. The molecule has 0 bridgehead atoms. The van der Waals surface area contributed by atoms with Crippen molar-refractivity contribution in [1.29, 1.82) is 0 Å². The molecule has 0 saturated heterocycles. The Bertz CT molecular complexity index is 610. The monoisotopic (exact) mass is 248 g/mol. The van der Waals surface area contributed by atoms with Crippen LogP contribution in [0.5, 0.6) is 0 Å². The SMILES string of the molecule is Cc1cc(C(=O)Nc2c(N)c(C)nn2C)c(C)o1. The molecule has 0 aliphatic carbocycles. The van der Waals surface area contributed by atoms with Crippen LogP contribution in [0.3, 0.4) is 0 Å². The van der Waals surface area contributed by atoms with E-state index >= 15 is 0 Å². The van der Waals surface area contributed by atoms with E-state index in [9.17, 15) is 4.79 Å². The Kier molecular flexibility index (Phi) is 2.86. The number of amides is 1. The summed E-state index contributed by atoms with van der Waals surface area (Å²) in [5.41, 5.74) is 7.52. The van der Waals surface area contributed by atoms with Gasteiger partial charge in [-0.3, -0.25) is 9.48 Å². The number of nitrogen functional groups attached to an aromatic ring is 1. The molecule has 2 aromatic heterocycles. The lowest BCUT2D eigenvalue weighted by Crippen LogP contribution is -2.15. The highest BCUT2D eigenvalue weighted by atomic mass is 16.3. The van der Waals surface area contributed by atoms with Gasteiger partial charge in [0.25, 0.3) is 5.91 Å². The number of hydrogen-bond donors (Lipinski definition) is 2. The molecule has 0 unspecified atom stereocenters. The van der Waals surface area contributed by atoms with E-state index in [1.807, 2.05) is 0 Å². The fraction of sp³-hybridized carbons (Fsp3) is 0.333. The molecule has 0 aliphatic heterocycles. The van der Waals surface area contributed by atoms with E-state index in [0.717, 1.165) is 0 Å². The van der Waals surface area contributed by atoms with Crippen molar-refractivity contribution in [2.45, 2.75) is 20.8 Å². The van der Waals surface area contributed by atoms with Crippen LogP contribution in [-0.4, -0.2) is 15.7 Å². The first-order valence-corrected chi connectivity index (χ1v) is 5.57. The van der Waals surface area contributed by atoms with Gasteiger partial charge in [0.15, 0.2) is 5.82 Å². The smallest absolute Gasteiger partial charge is 0.260 e. The molecule has 18 heavy (non-hydrogen) atoms. The van der Waals surface area contributed by atoms with Gasteiger partial charge in [0.1, 0.15) is 11.5 Å². The molecule has 0 aliphatic rings. The number of carbonyl (C=O) groups is 1. The number of furan rings is 1. The lowest BCUT2D eigenvalue weighted by molar-refractivity contribution is 0.102. The minimum Gasteiger partial charge on any atom is -0.466 e. The Labute approximate surface area is 105 Å². The van der Waals surface area contributed by atoms with Crippen LogP contribution in [-0.2, 0) is 7.05 Å². The van der Waals surface area contributed by atoms with Gasteiger partial charge < -0.3 is 15.5 Å². The van der Waals surface area contributed by atoms with Crippen molar-refractivity contribution in [1.82, 2.24) is 9.78 Å². The summed E-state index contributed by atoms with van der Waals surface area (Å²) in [4.78, 5) is 12.1. The van der Waals surface area contributed by atoms with Crippen LogP contribution in [0.2, 0.25) is 0 Å². The number of hydrogen-bond acceptors (Lipinski definition) is 4. The largest absolute Gasteiger partial charge is 0.466 e. The summed E-state index contributed by atoms with van der Waals surface area (Å²) in [6.07, 6.45) is 0. The van der Waals surface area contributed by atoms with Crippen LogP contribution < -0.4 is 11.1 Å². The number of nitrogens with zero attached hydrogens (tertiary/aromatic N) is 2. The Morgan fingerprint density at radius 3 is 2.56 bits per heavy atom. The third kappa shape index (κ3) is 1.97. The molecule has 6 nitrogen and oxygen atoms in total. The predicted octanol–water partition coefficient (Wildman–Crippen LogP) is 1.77. The van der Waals surface area contributed by atoms with E-state index in [1.165, 1.54) is 0 Å². The number of nitrogens with two attached hydrogens (primary N) is 1. The molecule has 96 valence electrons. The minimum atomic E-state index is -0.251. The Morgan fingerprint density at radius 2 is 2.11 bits per heavy atom. The maximum Gasteiger partial charge on any atom is 0.260 e. The zero-order valence-electron chi connectivity index (χ0n) is 10.9. The van der Waals surface area contributed by atoms with E-state index in [-0.39, 0.29) is 5.91 Å². The number of nitrogens with one attached hydrogen (secondary N) is 1. The average Bonchev–Trinajstić information content (AvgIpc) is 2.73. The van der Waals surface area contributed by atoms with Gasteiger partial charge in [-0.1, -0.05) is 0 Å². The van der Waals surface area contributed by atoms with Crippen LogP contribution in [0.1, 0.15) is 27.6 Å². The molecule has 2 rings (SSSR count). The molecular formula is C12H16N4O2. The lowest BCUT2D eigenvalue weighted by atomic mass is 10.2. The average molecular weight is 248 g/mol. The van der Waals surface area contributed by atoms with Gasteiger partial charge in [0, 0.05) is 7.05 Å².